The first-order chi connectivity index (χ1) is 14.4. The second kappa shape index (κ2) is 8.55. The van der Waals surface area contributed by atoms with Crippen molar-refractivity contribution < 1.29 is 9.59 Å². The molecule has 0 unspecified atom stereocenters. The minimum Gasteiger partial charge on any atom is -0.352 e. The Kier molecular flexibility index (Phi) is 5.85. The third-order valence-electron chi connectivity index (χ3n) is 5.72. The van der Waals surface area contributed by atoms with E-state index in [4.69, 9.17) is 0 Å². The summed E-state index contributed by atoms with van der Waals surface area (Å²) in [5.41, 5.74) is 2.13. The number of carbonyl (C=O) groups is 2. The van der Waals surface area contributed by atoms with Crippen molar-refractivity contribution in [1.29, 1.82) is 0 Å². The fourth-order valence-electron chi connectivity index (χ4n) is 3.83. The van der Waals surface area contributed by atoms with Gasteiger partial charge in [-0.25, -0.2) is 9.67 Å². The number of benzene rings is 1. The van der Waals surface area contributed by atoms with E-state index in [0.717, 1.165) is 18.5 Å². The molecule has 1 aromatic carbocycles. The molecule has 1 aliphatic carbocycles. The number of nitrogens with zero attached hydrogens (tertiary/aromatic N) is 5. The highest BCUT2D eigenvalue weighted by atomic mass is 16.2. The molecule has 0 atom stereocenters. The number of amides is 2. The Morgan fingerprint density at radius 3 is 2.50 bits per heavy atom. The molecule has 2 heterocycles. The van der Waals surface area contributed by atoms with Gasteiger partial charge in [0.15, 0.2) is 0 Å². The molecular weight excluding hydrogens is 380 g/mol. The summed E-state index contributed by atoms with van der Waals surface area (Å²) >= 11 is 0. The van der Waals surface area contributed by atoms with Crippen molar-refractivity contribution in [1.82, 2.24) is 29.9 Å². The summed E-state index contributed by atoms with van der Waals surface area (Å²) in [6.45, 7) is 9.06. The van der Waals surface area contributed by atoms with E-state index in [9.17, 15) is 9.59 Å². The molecule has 1 saturated heterocycles. The third kappa shape index (κ3) is 4.53. The maximum atomic E-state index is 13.0. The molecule has 4 rings (SSSR count). The molecule has 0 bridgehead atoms. The first-order valence-electron chi connectivity index (χ1n) is 10.8. The highest BCUT2D eigenvalue weighted by molar-refractivity contribution is 5.90. The van der Waals surface area contributed by atoms with Crippen LogP contribution in [0.1, 0.15) is 54.6 Å². The Balaban J connectivity index is 1.40. The lowest BCUT2D eigenvalue weighted by Gasteiger charge is -2.33. The van der Waals surface area contributed by atoms with Gasteiger partial charge in [-0.05, 0) is 37.3 Å². The number of hydrogen-bond donors (Lipinski definition) is 1. The van der Waals surface area contributed by atoms with Gasteiger partial charge in [-0.2, -0.15) is 0 Å². The highest BCUT2D eigenvalue weighted by Crippen LogP contribution is 2.23. The Labute approximate surface area is 177 Å². The van der Waals surface area contributed by atoms with Gasteiger partial charge in [0, 0.05) is 32.2 Å². The van der Waals surface area contributed by atoms with Gasteiger partial charge in [-0.15, -0.1) is 5.10 Å². The average Bonchev–Trinajstić information content (AvgIpc) is 3.46. The molecule has 2 aliphatic rings. The molecule has 0 spiro atoms. The number of para-hydroxylation sites is 1. The van der Waals surface area contributed by atoms with Gasteiger partial charge in [-0.3, -0.25) is 14.5 Å². The predicted molar refractivity (Wildman–Crippen MR) is 114 cm³/mol. The van der Waals surface area contributed by atoms with Crippen molar-refractivity contribution >= 4 is 11.8 Å². The summed E-state index contributed by atoms with van der Waals surface area (Å²) in [6, 6.07) is 8.47. The summed E-state index contributed by atoms with van der Waals surface area (Å²) in [6.07, 6.45) is 2.18. The maximum absolute atomic E-state index is 13.0. The molecule has 2 aromatic rings. The number of aromatic nitrogens is 3. The van der Waals surface area contributed by atoms with Crippen molar-refractivity contribution in [2.45, 2.75) is 45.6 Å². The number of carbonyl (C=O) groups excluding carboxylic acids is 2. The lowest BCUT2D eigenvalue weighted by atomic mass is 10.0. The summed E-state index contributed by atoms with van der Waals surface area (Å²) in [7, 11) is 0. The van der Waals surface area contributed by atoms with Crippen LogP contribution in [0.2, 0.25) is 0 Å². The summed E-state index contributed by atoms with van der Waals surface area (Å²) in [4.78, 5) is 33.3. The summed E-state index contributed by atoms with van der Waals surface area (Å²) in [5.74, 6) is 1.19. The standard InChI is InChI=1S/C22H30N6O2/c1-15(2)18-6-4-5-7-19(18)28-16(3)23-21(25-28)22(30)27-12-10-26(11-13-27)14-20(29)24-17-8-9-17/h4-7,15,17H,8-14H2,1-3H3,(H,24,29). The molecule has 1 saturated carbocycles. The molecule has 8 nitrogen and oxygen atoms in total. The first kappa shape index (κ1) is 20.5. The van der Waals surface area contributed by atoms with Gasteiger partial charge in [0.2, 0.25) is 11.7 Å². The fourth-order valence-corrected chi connectivity index (χ4v) is 3.83. The SMILES string of the molecule is Cc1nc(C(=O)N2CCN(CC(=O)NC3CC3)CC2)nn1-c1ccccc1C(C)C. The minimum absolute atomic E-state index is 0.0807. The van der Waals surface area contributed by atoms with Gasteiger partial charge >= 0.3 is 0 Å². The van der Waals surface area contributed by atoms with Crippen molar-refractivity contribution in [3.63, 3.8) is 0 Å². The molecule has 2 fully saturated rings. The topological polar surface area (TPSA) is 83.4 Å². The Bertz CT molecular complexity index is 925. The normalized spacial score (nSPS) is 17.4. The van der Waals surface area contributed by atoms with Crippen LogP contribution in [0.15, 0.2) is 24.3 Å². The van der Waals surface area contributed by atoms with Gasteiger partial charge in [0.25, 0.3) is 5.91 Å². The lowest BCUT2D eigenvalue weighted by Crippen LogP contribution is -2.51. The predicted octanol–water partition coefficient (Wildman–Crippen LogP) is 1.74. The van der Waals surface area contributed by atoms with Crippen molar-refractivity contribution in [2.24, 2.45) is 0 Å². The van der Waals surface area contributed by atoms with E-state index in [0.29, 0.717) is 50.5 Å². The largest absolute Gasteiger partial charge is 0.352 e. The summed E-state index contributed by atoms with van der Waals surface area (Å²) in [5, 5.41) is 7.56. The number of hydrogen-bond acceptors (Lipinski definition) is 5. The van der Waals surface area contributed by atoms with Crippen LogP contribution in [0.3, 0.4) is 0 Å². The number of nitrogens with one attached hydrogen (secondary N) is 1. The number of piperazine rings is 1. The number of rotatable bonds is 6. The maximum Gasteiger partial charge on any atom is 0.293 e. The minimum atomic E-state index is -0.152. The Hall–Kier alpha value is -2.74. The van der Waals surface area contributed by atoms with Crippen LogP contribution in [-0.4, -0.2) is 75.1 Å². The molecule has 0 radical (unpaired) electrons. The molecule has 160 valence electrons. The van der Waals surface area contributed by atoms with Gasteiger partial charge in [-0.1, -0.05) is 32.0 Å². The van der Waals surface area contributed by atoms with Gasteiger partial charge in [0.1, 0.15) is 5.82 Å². The van der Waals surface area contributed by atoms with Crippen molar-refractivity contribution in [2.75, 3.05) is 32.7 Å². The smallest absolute Gasteiger partial charge is 0.293 e. The van der Waals surface area contributed by atoms with E-state index < -0.39 is 0 Å². The zero-order valence-electron chi connectivity index (χ0n) is 18.0. The van der Waals surface area contributed by atoms with Crippen LogP contribution >= 0.6 is 0 Å². The Morgan fingerprint density at radius 2 is 1.83 bits per heavy atom. The monoisotopic (exact) mass is 410 g/mol. The van der Waals surface area contributed by atoms with Crippen LogP contribution in [0.5, 0.6) is 0 Å². The van der Waals surface area contributed by atoms with Crippen LogP contribution in [-0.2, 0) is 4.79 Å². The van der Waals surface area contributed by atoms with Crippen LogP contribution in [0, 0.1) is 6.92 Å². The molecule has 30 heavy (non-hydrogen) atoms. The van der Waals surface area contributed by atoms with Crippen LogP contribution in [0.25, 0.3) is 5.69 Å². The van der Waals surface area contributed by atoms with E-state index >= 15 is 0 Å². The lowest BCUT2D eigenvalue weighted by molar-refractivity contribution is -0.122. The van der Waals surface area contributed by atoms with Crippen molar-refractivity contribution in [3.8, 4) is 5.69 Å². The first-order valence-corrected chi connectivity index (χ1v) is 10.8. The van der Waals surface area contributed by atoms with Crippen LogP contribution in [0.4, 0.5) is 0 Å². The van der Waals surface area contributed by atoms with Gasteiger partial charge < -0.3 is 10.2 Å². The molecule has 8 heteroatoms. The summed E-state index contributed by atoms with van der Waals surface area (Å²) < 4.78 is 1.76. The molecule has 1 aliphatic heterocycles. The van der Waals surface area contributed by atoms with Crippen molar-refractivity contribution in [3.05, 3.63) is 41.5 Å². The molecule has 1 aromatic heterocycles. The Morgan fingerprint density at radius 1 is 1.13 bits per heavy atom. The second-order valence-electron chi connectivity index (χ2n) is 8.52. The molecule has 1 N–H and O–H groups in total. The third-order valence-corrected chi connectivity index (χ3v) is 5.72. The van der Waals surface area contributed by atoms with E-state index in [-0.39, 0.29) is 17.6 Å². The zero-order valence-corrected chi connectivity index (χ0v) is 18.0. The molecule has 2 amide bonds. The molecular formula is C22H30N6O2. The van der Waals surface area contributed by atoms with E-state index in [1.807, 2.05) is 25.1 Å². The fraction of sp³-hybridized carbons (Fsp3) is 0.545. The van der Waals surface area contributed by atoms with E-state index in [1.54, 1.807) is 9.58 Å². The van der Waals surface area contributed by atoms with Gasteiger partial charge in [0.05, 0.1) is 12.2 Å². The zero-order chi connectivity index (χ0) is 21.3. The number of aryl methyl sites for hydroxylation is 1. The highest BCUT2D eigenvalue weighted by Gasteiger charge is 2.28. The van der Waals surface area contributed by atoms with Crippen LogP contribution < -0.4 is 5.32 Å². The van der Waals surface area contributed by atoms with E-state index in [1.165, 1.54) is 5.56 Å². The average molecular weight is 411 g/mol. The quantitative estimate of drug-likeness (QED) is 0.784. The second-order valence-corrected chi connectivity index (χ2v) is 8.52. The van der Waals surface area contributed by atoms with E-state index in [2.05, 4.69) is 40.2 Å².